The van der Waals surface area contributed by atoms with Crippen molar-refractivity contribution in [2.24, 2.45) is 5.73 Å². The van der Waals surface area contributed by atoms with Crippen LogP contribution in [0, 0.1) is 12.7 Å². The van der Waals surface area contributed by atoms with Crippen LogP contribution in [0.3, 0.4) is 0 Å². The molecule has 0 aliphatic carbocycles. The van der Waals surface area contributed by atoms with Gasteiger partial charge in [-0.3, -0.25) is 0 Å². The maximum atomic E-state index is 13.6. The van der Waals surface area contributed by atoms with Crippen LogP contribution in [0.5, 0.6) is 0 Å². The van der Waals surface area contributed by atoms with Crippen LogP contribution in [0.4, 0.5) is 10.1 Å². The van der Waals surface area contributed by atoms with Crippen molar-refractivity contribution in [3.63, 3.8) is 0 Å². The molecular weight excluding hydrogens is 351 g/mol. The minimum absolute atomic E-state index is 0.0212. The largest absolute Gasteiger partial charge is 0.389 e. The van der Waals surface area contributed by atoms with Crippen LogP contribution < -0.4 is 11.1 Å². The van der Waals surface area contributed by atoms with Crippen molar-refractivity contribution in [1.82, 2.24) is 0 Å². The van der Waals surface area contributed by atoms with E-state index in [9.17, 15) is 4.39 Å². The molecule has 0 radical (unpaired) electrons. The summed E-state index contributed by atoms with van der Waals surface area (Å²) in [7, 11) is 0. The van der Waals surface area contributed by atoms with Gasteiger partial charge in [-0.15, -0.1) is 0 Å². The van der Waals surface area contributed by atoms with Gasteiger partial charge in [0.25, 0.3) is 0 Å². The number of nitrogens with two attached hydrogens (primary N) is 1. The first-order valence-electron chi connectivity index (χ1n) is 6.50. The molecule has 2 aromatic rings. The van der Waals surface area contributed by atoms with Gasteiger partial charge in [-0.25, -0.2) is 4.39 Å². The fourth-order valence-corrected chi connectivity index (χ4v) is 2.60. The van der Waals surface area contributed by atoms with Crippen molar-refractivity contribution in [3.8, 4) is 0 Å². The van der Waals surface area contributed by atoms with E-state index in [1.807, 2.05) is 31.2 Å². The molecule has 0 fully saturated rings. The summed E-state index contributed by atoms with van der Waals surface area (Å²) < 4.78 is 14.5. The van der Waals surface area contributed by atoms with Crippen molar-refractivity contribution in [2.45, 2.75) is 19.9 Å². The van der Waals surface area contributed by atoms with Crippen molar-refractivity contribution in [3.05, 3.63) is 63.4 Å². The quantitative estimate of drug-likeness (QED) is 0.769. The number of benzene rings is 2. The Hall–Kier alpha value is -1.46. The average molecular weight is 367 g/mol. The summed E-state index contributed by atoms with van der Waals surface area (Å²) in [5.41, 5.74) is 8.85. The van der Waals surface area contributed by atoms with Crippen LogP contribution in [-0.4, -0.2) is 4.99 Å². The van der Waals surface area contributed by atoms with Gasteiger partial charge in [0, 0.05) is 21.8 Å². The van der Waals surface area contributed by atoms with Crippen molar-refractivity contribution in [1.29, 1.82) is 0 Å². The molecular formula is C16H16BrFN2S. The molecule has 0 aliphatic heterocycles. The zero-order chi connectivity index (χ0) is 15.6. The minimum Gasteiger partial charge on any atom is -0.389 e. The number of halogens is 2. The van der Waals surface area contributed by atoms with Crippen molar-refractivity contribution >= 4 is 38.8 Å². The molecule has 3 N–H and O–H groups in total. The normalized spacial score (nSPS) is 12.0. The van der Waals surface area contributed by atoms with Gasteiger partial charge < -0.3 is 11.1 Å². The van der Waals surface area contributed by atoms with Gasteiger partial charge in [-0.05, 0) is 65.2 Å². The topological polar surface area (TPSA) is 38.0 Å². The number of hydrogen-bond acceptors (Lipinski definition) is 2. The number of hydrogen-bond donors (Lipinski definition) is 2. The molecule has 21 heavy (non-hydrogen) atoms. The van der Waals surface area contributed by atoms with E-state index in [4.69, 9.17) is 18.0 Å². The molecule has 0 saturated heterocycles. The van der Waals surface area contributed by atoms with E-state index < -0.39 is 0 Å². The fraction of sp³-hybridized carbons (Fsp3) is 0.188. The van der Waals surface area contributed by atoms with E-state index in [0.717, 1.165) is 21.3 Å². The Kier molecular flexibility index (Phi) is 4.96. The van der Waals surface area contributed by atoms with Crippen LogP contribution in [-0.2, 0) is 0 Å². The van der Waals surface area contributed by atoms with Gasteiger partial charge in [0.15, 0.2) is 0 Å². The lowest BCUT2D eigenvalue weighted by atomic mass is 10.1. The molecule has 0 spiro atoms. The van der Waals surface area contributed by atoms with Crippen LogP contribution in [0.15, 0.2) is 40.9 Å². The zero-order valence-electron chi connectivity index (χ0n) is 11.8. The number of aryl methyl sites for hydroxylation is 1. The third kappa shape index (κ3) is 3.80. The average Bonchev–Trinajstić information content (AvgIpc) is 2.43. The standard InChI is InChI=1S/C16H16BrFN2S/c1-9-3-4-11(8-14(9)18)10(2)20-15-6-5-12(16(19)21)7-13(15)17/h3-8,10,20H,1-2H3,(H2,19,21). The van der Waals surface area contributed by atoms with Gasteiger partial charge in [-0.1, -0.05) is 24.4 Å². The van der Waals surface area contributed by atoms with E-state index in [1.165, 1.54) is 0 Å². The predicted molar refractivity (Wildman–Crippen MR) is 93.2 cm³/mol. The van der Waals surface area contributed by atoms with E-state index in [2.05, 4.69) is 21.2 Å². The summed E-state index contributed by atoms with van der Waals surface area (Å²) in [5.74, 6) is -0.191. The van der Waals surface area contributed by atoms with E-state index in [-0.39, 0.29) is 11.9 Å². The number of thiocarbonyl (C=S) groups is 1. The second-order valence-corrected chi connectivity index (χ2v) is 6.23. The van der Waals surface area contributed by atoms with Gasteiger partial charge in [-0.2, -0.15) is 0 Å². The highest BCUT2D eigenvalue weighted by Gasteiger charge is 2.10. The second-order valence-electron chi connectivity index (χ2n) is 4.93. The van der Waals surface area contributed by atoms with Gasteiger partial charge in [0.05, 0.1) is 0 Å². The molecule has 5 heteroatoms. The van der Waals surface area contributed by atoms with Crippen molar-refractivity contribution < 1.29 is 4.39 Å². The molecule has 0 bridgehead atoms. The van der Waals surface area contributed by atoms with Crippen LogP contribution in [0.2, 0.25) is 0 Å². The maximum absolute atomic E-state index is 13.6. The molecule has 0 aliphatic rings. The lowest BCUT2D eigenvalue weighted by Crippen LogP contribution is -2.11. The Morgan fingerprint density at radius 1 is 1.29 bits per heavy atom. The zero-order valence-corrected chi connectivity index (χ0v) is 14.2. The van der Waals surface area contributed by atoms with Crippen LogP contribution in [0.25, 0.3) is 0 Å². The lowest BCUT2D eigenvalue weighted by molar-refractivity contribution is 0.614. The van der Waals surface area contributed by atoms with Gasteiger partial charge in [0.1, 0.15) is 10.8 Å². The van der Waals surface area contributed by atoms with E-state index in [1.54, 1.807) is 19.1 Å². The molecule has 0 saturated carbocycles. The third-order valence-electron chi connectivity index (χ3n) is 3.32. The van der Waals surface area contributed by atoms with E-state index >= 15 is 0 Å². The van der Waals surface area contributed by atoms with Gasteiger partial charge in [0.2, 0.25) is 0 Å². The highest BCUT2D eigenvalue weighted by Crippen LogP contribution is 2.28. The van der Waals surface area contributed by atoms with Crippen LogP contribution >= 0.6 is 28.1 Å². The lowest BCUT2D eigenvalue weighted by Gasteiger charge is -2.18. The minimum atomic E-state index is -0.191. The number of rotatable bonds is 4. The Labute approximate surface area is 137 Å². The fourth-order valence-electron chi connectivity index (χ4n) is 1.98. The first-order valence-corrected chi connectivity index (χ1v) is 7.70. The van der Waals surface area contributed by atoms with E-state index in [0.29, 0.717) is 10.6 Å². The summed E-state index contributed by atoms with van der Waals surface area (Å²) in [6.45, 7) is 3.74. The molecule has 0 heterocycles. The van der Waals surface area contributed by atoms with Gasteiger partial charge >= 0.3 is 0 Å². The van der Waals surface area contributed by atoms with Crippen LogP contribution in [0.1, 0.15) is 29.7 Å². The Balaban J connectivity index is 2.21. The molecule has 1 unspecified atom stereocenters. The first-order chi connectivity index (χ1) is 9.88. The molecule has 0 aromatic heterocycles. The molecule has 2 aromatic carbocycles. The Morgan fingerprint density at radius 3 is 2.57 bits per heavy atom. The monoisotopic (exact) mass is 366 g/mol. The summed E-state index contributed by atoms with van der Waals surface area (Å²) in [6.07, 6.45) is 0. The SMILES string of the molecule is Cc1ccc(C(C)Nc2ccc(C(N)=S)cc2Br)cc1F. The Morgan fingerprint density at radius 2 is 2.00 bits per heavy atom. The predicted octanol–water partition coefficient (Wildman–Crippen LogP) is 4.70. The Bertz CT molecular complexity index is 688. The second kappa shape index (κ2) is 6.54. The molecule has 1 atom stereocenters. The highest BCUT2D eigenvalue weighted by atomic mass is 79.9. The molecule has 2 rings (SSSR count). The number of nitrogens with one attached hydrogen (secondary N) is 1. The van der Waals surface area contributed by atoms with Crippen molar-refractivity contribution in [2.75, 3.05) is 5.32 Å². The molecule has 0 amide bonds. The third-order valence-corrected chi connectivity index (χ3v) is 4.21. The highest BCUT2D eigenvalue weighted by molar-refractivity contribution is 9.10. The smallest absolute Gasteiger partial charge is 0.126 e. The molecule has 2 nitrogen and oxygen atoms in total. The number of anilines is 1. The summed E-state index contributed by atoms with van der Waals surface area (Å²) in [5, 5.41) is 3.34. The first kappa shape index (κ1) is 15.9. The summed E-state index contributed by atoms with van der Waals surface area (Å²) >= 11 is 8.44. The maximum Gasteiger partial charge on any atom is 0.126 e. The summed E-state index contributed by atoms with van der Waals surface area (Å²) in [4.78, 5) is 0.357. The summed E-state index contributed by atoms with van der Waals surface area (Å²) in [6, 6.07) is 10.9. The molecule has 110 valence electrons.